The molecule has 1 aliphatic rings. The molecular weight excluding hydrogens is 286 g/mol. The molecule has 118 valence electrons. The van der Waals surface area contributed by atoms with E-state index < -0.39 is 0 Å². The molecule has 0 aliphatic carbocycles. The Morgan fingerprint density at radius 3 is 2.61 bits per heavy atom. The Hall–Kier alpha value is -2.62. The van der Waals surface area contributed by atoms with Crippen molar-refractivity contribution in [1.29, 1.82) is 0 Å². The van der Waals surface area contributed by atoms with E-state index in [-0.39, 0.29) is 5.78 Å². The lowest BCUT2D eigenvalue weighted by molar-refractivity contribution is -0.111. The summed E-state index contributed by atoms with van der Waals surface area (Å²) in [7, 11) is 0. The van der Waals surface area contributed by atoms with Gasteiger partial charge in [0.2, 0.25) is 0 Å². The lowest BCUT2D eigenvalue weighted by Gasteiger charge is -2.30. The van der Waals surface area contributed by atoms with E-state index in [9.17, 15) is 4.79 Å². The highest BCUT2D eigenvalue weighted by molar-refractivity contribution is 6.43. The molecule has 0 fully saturated rings. The average Bonchev–Trinajstić information content (AvgIpc) is 2.56. The van der Waals surface area contributed by atoms with Crippen LogP contribution in [0.25, 0.3) is 0 Å². The summed E-state index contributed by atoms with van der Waals surface area (Å²) in [5.41, 5.74) is 7.42. The van der Waals surface area contributed by atoms with Gasteiger partial charge in [0.05, 0.1) is 5.69 Å². The van der Waals surface area contributed by atoms with Gasteiger partial charge in [-0.05, 0) is 43.5 Å². The van der Waals surface area contributed by atoms with Crippen molar-refractivity contribution in [3.63, 3.8) is 0 Å². The Kier molecular flexibility index (Phi) is 4.42. The number of hydrogen-bond donors (Lipinski definition) is 1. The standard InChI is InChI=1S/C19H21N3O/c1-14-9-11-17(12-10-14)20-21-19(15(2)23)22-13-5-7-16-6-3-4-8-18(16)22/h3-4,6,8-12,20H,5,7,13H2,1-2H3/b21-19+. The van der Waals surface area contributed by atoms with Gasteiger partial charge in [-0.1, -0.05) is 35.9 Å². The maximum absolute atomic E-state index is 12.1. The lowest BCUT2D eigenvalue weighted by atomic mass is 10.0. The predicted octanol–water partition coefficient (Wildman–Crippen LogP) is 3.76. The van der Waals surface area contributed by atoms with E-state index in [2.05, 4.69) is 22.7 Å². The van der Waals surface area contributed by atoms with Gasteiger partial charge in [-0.25, -0.2) is 0 Å². The first-order valence-electron chi connectivity index (χ1n) is 7.92. The highest BCUT2D eigenvalue weighted by Crippen LogP contribution is 2.27. The molecular formula is C19H21N3O. The minimum absolute atomic E-state index is 0.0404. The summed E-state index contributed by atoms with van der Waals surface area (Å²) in [6.45, 7) is 4.41. The van der Waals surface area contributed by atoms with Crippen molar-refractivity contribution in [2.45, 2.75) is 26.7 Å². The average molecular weight is 307 g/mol. The third-order valence-electron chi connectivity index (χ3n) is 4.02. The molecule has 0 atom stereocenters. The molecule has 4 heteroatoms. The second-order valence-corrected chi connectivity index (χ2v) is 5.85. The van der Waals surface area contributed by atoms with Crippen molar-refractivity contribution < 1.29 is 4.79 Å². The summed E-state index contributed by atoms with van der Waals surface area (Å²) >= 11 is 0. The summed E-state index contributed by atoms with van der Waals surface area (Å²) in [6, 6.07) is 16.2. The van der Waals surface area contributed by atoms with Gasteiger partial charge < -0.3 is 4.90 Å². The van der Waals surface area contributed by atoms with Gasteiger partial charge in [0.15, 0.2) is 11.6 Å². The molecule has 2 aromatic rings. The van der Waals surface area contributed by atoms with Gasteiger partial charge in [0.25, 0.3) is 0 Å². The zero-order valence-electron chi connectivity index (χ0n) is 13.5. The number of nitrogens with one attached hydrogen (secondary N) is 1. The van der Waals surface area contributed by atoms with Gasteiger partial charge in [-0.15, -0.1) is 0 Å². The lowest BCUT2D eigenvalue weighted by Crippen LogP contribution is -2.39. The molecule has 2 aromatic carbocycles. The van der Waals surface area contributed by atoms with Crippen molar-refractivity contribution in [3.8, 4) is 0 Å². The maximum atomic E-state index is 12.1. The second kappa shape index (κ2) is 6.65. The van der Waals surface area contributed by atoms with Crippen LogP contribution in [-0.2, 0) is 11.2 Å². The number of ketones is 1. The van der Waals surface area contributed by atoms with Gasteiger partial charge in [-0.3, -0.25) is 10.2 Å². The van der Waals surface area contributed by atoms with Crippen LogP contribution in [0, 0.1) is 6.92 Å². The van der Waals surface area contributed by atoms with Crippen LogP contribution in [0.3, 0.4) is 0 Å². The first-order chi connectivity index (χ1) is 11.1. The molecule has 4 nitrogen and oxygen atoms in total. The topological polar surface area (TPSA) is 44.7 Å². The van der Waals surface area contributed by atoms with E-state index in [1.807, 2.05) is 48.2 Å². The fourth-order valence-electron chi connectivity index (χ4n) is 2.83. The number of para-hydroxylation sites is 1. The first kappa shape index (κ1) is 15.3. The molecule has 0 amide bonds. The Balaban J connectivity index is 1.89. The van der Waals surface area contributed by atoms with Gasteiger partial charge in [0.1, 0.15) is 0 Å². The molecule has 0 aromatic heterocycles. The molecule has 1 aliphatic heterocycles. The minimum Gasteiger partial charge on any atom is -0.322 e. The van der Waals surface area contributed by atoms with Crippen molar-refractivity contribution in [2.75, 3.05) is 16.9 Å². The number of hydrogen-bond acceptors (Lipinski definition) is 3. The fourth-order valence-corrected chi connectivity index (χ4v) is 2.83. The van der Waals surface area contributed by atoms with Crippen molar-refractivity contribution in [1.82, 2.24) is 0 Å². The molecule has 0 saturated carbocycles. The van der Waals surface area contributed by atoms with Gasteiger partial charge >= 0.3 is 0 Å². The summed E-state index contributed by atoms with van der Waals surface area (Å²) in [4.78, 5) is 14.1. The van der Waals surface area contributed by atoms with Gasteiger partial charge in [0, 0.05) is 19.2 Å². The molecule has 0 spiro atoms. The van der Waals surface area contributed by atoms with Crippen molar-refractivity contribution in [3.05, 3.63) is 59.7 Å². The van der Waals surface area contributed by atoms with E-state index in [1.54, 1.807) is 6.92 Å². The summed E-state index contributed by atoms with van der Waals surface area (Å²) in [6.07, 6.45) is 2.07. The minimum atomic E-state index is -0.0404. The Morgan fingerprint density at radius 2 is 1.87 bits per heavy atom. The number of carbonyl (C=O) groups excluding carboxylic acids is 1. The SMILES string of the molecule is CC(=O)/C(=N\Nc1ccc(C)cc1)N1CCCc2ccccc21. The quantitative estimate of drug-likeness (QED) is 0.533. The zero-order chi connectivity index (χ0) is 16.2. The Labute approximate surface area is 136 Å². The van der Waals surface area contributed by atoms with Crippen LogP contribution in [0.4, 0.5) is 11.4 Å². The molecule has 0 bridgehead atoms. The van der Waals surface area contributed by atoms with Crippen LogP contribution in [0.1, 0.15) is 24.5 Å². The molecule has 3 rings (SSSR count). The molecule has 23 heavy (non-hydrogen) atoms. The van der Waals surface area contributed by atoms with Crippen LogP contribution < -0.4 is 10.3 Å². The number of aryl methyl sites for hydroxylation is 2. The number of carbonyl (C=O) groups is 1. The molecule has 0 saturated heterocycles. The van der Waals surface area contributed by atoms with Crippen molar-refractivity contribution >= 4 is 23.0 Å². The monoisotopic (exact) mass is 307 g/mol. The third kappa shape index (κ3) is 3.42. The maximum Gasteiger partial charge on any atom is 0.197 e. The van der Waals surface area contributed by atoms with Gasteiger partial charge in [-0.2, -0.15) is 5.10 Å². The smallest absolute Gasteiger partial charge is 0.197 e. The summed E-state index contributed by atoms with van der Waals surface area (Å²) < 4.78 is 0. The van der Waals surface area contributed by atoms with E-state index >= 15 is 0 Å². The number of Topliss-reactive ketones (excluding diaryl/α,β-unsaturated/α-hetero) is 1. The third-order valence-corrected chi connectivity index (χ3v) is 4.02. The number of rotatable bonds is 3. The number of amidine groups is 1. The van der Waals surface area contributed by atoms with Crippen molar-refractivity contribution in [2.24, 2.45) is 5.10 Å². The Bertz CT molecular complexity index is 735. The molecule has 0 unspecified atom stereocenters. The second-order valence-electron chi connectivity index (χ2n) is 5.85. The zero-order valence-corrected chi connectivity index (χ0v) is 13.5. The summed E-state index contributed by atoms with van der Waals surface area (Å²) in [5.74, 6) is 0.416. The van der Waals surface area contributed by atoms with E-state index in [4.69, 9.17) is 0 Å². The first-order valence-corrected chi connectivity index (χ1v) is 7.92. The molecule has 1 heterocycles. The van der Waals surface area contributed by atoms with E-state index in [0.717, 1.165) is 30.8 Å². The highest BCUT2D eigenvalue weighted by atomic mass is 16.1. The summed E-state index contributed by atoms with van der Waals surface area (Å²) in [5, 5.41) is 4.39. The fraction of sp³-hybridized carbons (Fsp3) is 0.263. The van der Waals surface area contributed by atoms with Crippen LogP contribution in [-0.4, -0.2) is 18.2 Å². The highest BCUT2D eigenvalue weighted by Gasteiger charge is 2.23. The number of anilines is 2. The predicted molar refractivity (Wildman–Crippen MR) is 95.0 cm³/mol. The largest absolute Gasteiger partial charge is 0.322 e. The van der Waals surface area contributed by atoms with Crippen LogP contribution in [0.2, 0.25) is 0 Å². The normalized spacial score (nSPS) is 14.3. The number of fused-ring (bicyclic) bond motifs is 1. The molecule has 0 radical (unpaired) electrons. The number of benzene rings is 2. The Morgan fingerprint density at radius 1 is 1.13 bits per heavy atom. The van der Waals surface area contributed by atoms with Crippen LogP contribution in [0.15, 0.2) is 53.6 Å². The molecule has 1 N–H and O–H groups in total. The number of hydrazone groups is 1. The van der Waals surface area contributed by atoms with Crippen LogP contribution in [0.5, 0.6) is 0 Å². The van der Waals surface area contributed by atoms with Crippen LogP contribution >= 0.6 is 0 Å². The van der Waals surface area contributed by atoms with E-state index in [1.165, 1.54) is 11.1 Å². The number of nitrogens with zero attached hydrogens (tertiary/aromatic N) is 2. The van der Waals surface area contributed by atoms with E-state index in [0.29, 0.717) is 5.84 Å².